The van der Waals surface area contributed by atoms with Crippen molar-refractivity contribution in [2.24, 2.45) is 0 Å². The molecular weight excluding hydrogens is 266 g/mol. The third-order valence-corrected chi connectivity index (χ3v) is 4.42. The number of nitrogens with zero attached hydrogens (tertiary/aromatic N) is 1. The first-order chi connectivity index (χ1) is 9.81. The maximum Gasteiger partial charge on any atom is 0.328 e. The number of carbonyl (C=O) groups is 1. The number of anilines is 1. The van der Waals surface area contributed by atoms with E-state index in [1.165, 1.54) is 12.7 Å². The molecule has 1 heterocycles. The minimum absolute atomic E-state index is 0.119. The fourth-order valence-electron chi connectivity index (χ4n) is 3.57. The zero-order valence-electron chi connectivity index (χ0n) is 13.8. The number of fused-ring (bicyclic) bond motifs is 1. The van der Waals surface area contributed by atoms with Crippen molar-refractivity contribution in [3.63, 3.8) is 0 Å². The third-order valence-electron chi connectivity index (χ3n) is 4.42. The van der Waals surface area contributed by atoms with E-state index >= 15 is 0 Å². The molecule has 4 heteroatoms. The second-order valence-electron chi connectivity index (χ2n) is 6.41. The molecule has 0 aliphatic carbocycles. The first kappa shape index (κ1) is 15.7. The van der Waals surface area contributed by atoms with Gasteiger partial charge in [0, 0.05) is 17.3 Å². The minimum atomic E-state index is -0.330. The molecule has 1 aromatic carbocycles. The summed E-state index contributed by atoms with van der Waals surface area (Å²) in [4.78, 5) is 14.2. The summed E-state index contributed by atoms with van der Waals surface area (Å²) in [6, 6.07) is 5.77. The first-order valence-electron chi connectivity index (χ1n) is 7.37. The van der Waals surface area contributed by atoms with Crippen LogP contribution < -0.4 is 9.64 Å². The molecule has 1 aliphatic heterocycles. The standard InChI is InChI=1S/C17H25NO3/c1-11-10-17(3,4)18(12(2)16(19)21-6)15-9-13(20-5)7-8-14(11)15/h7-9,11-12H,10H2,1-6H3/t11-,12-/m0/s1. The van der Waals surface area contributed by atoms with Gasteiger partial charge >= 0.3 is 5.97 Å². The lowest BCUT2D eigenvalue weighted by Gasteiger charge is -2.49. The van der Waals surface area contributed by atoms with Crippen molar-refractivity contribution in [1.29, 1.82) is 0 Å². The van der Waals surface area contributed by atoms with Crippen LogP contribution in [-0.4, -0.2) is 31.8 Å². The average Bonchev–Trinajstić information content (AvgIpc) is 2.44. The topological polar surface area (TPSA) is 38.8 Å². The molecule has 0 unspecified atom stereocenters. The van der Waals surface area contributed by atoms with Crippen molar-refractivity contribution in [1.82, 2.24) is 0 Å². The molecule has 1 aliphatic rings. The van der Waals surface area contributed by atoms with E-state index in [1.54, 1.807) is 7.11 Å². The lowest BCUT2D eigenvalue weighted by Crippen LogP contribution is -2.55. The molecule has 0 saturated carbocycles. The Morgan fingerprint density at radius 1 is 1.38 bits per heavy atom. The van der Waals surface area contributed by atoms with Crippen LogP contribution >= 0.6 is 0 Å². The highest BCUT2D eigenvalue weighted by Crippen LogP contribution is 2.45. The maximum absolute atomic E-state index is 12.0. The van der Waals surface area contributed by atoms with Crippen LogP contribution in [-0.2, 0) is 9.53 Å². The Hall–Kier alpha value is -1.71. The highest BCUT2D eigenvalue weighted by Gasteiger charge is 2.41. The molecule has 21 heavy (non-hydrogen) atoms. The zero-order valence-corrected chi connectivity index (χ0v) is 13.8. The number of ether oxygens (including phenoxy) is 2. The summed E-state index contributed by atoms with van der Waals surface area (Å²) in [6.45, 7) is 8.47. The predicted molar refractivity (Wildman–Crippen MR) is 84.1 cm³/mol. The highest BCUT2D eigenvalue weighted by molar-refractivity contribution is 5.81. The Morgan fingerprint density at radius 3 is 2.62 bits per heavy atom. The Balaban J connectivity index is 2.56. The van der Waals surface area contributed by atoms with Crippen LogP contribution in [0, 0.1) is 0 Å². The molecule has 0 amide bonds. The van der Waals surface area contributed by atoms with Crippen LogP contribution in [0.1, 0.15) is 45.6 Å². The van der Waals surface area contributed by atoms with Gasteiger partial charge in [-0.15, -0.1) is 0 Å². The van der Waals surface area contributed by atoms with Gasteiger partial charge < -0.3 is 14.4 Å². The van der Waals surface area contributed by atoms with Crippen LogP contribution in [0.3, 0.4) is 0 Å². The van der Waals surface area contributed by atoms with Gasteiger partial charge in [-0.1, -0.05) is 13.0 Å². The van der Waals surface area contributed by atoms with E-state index < -0.39 is 0 Å². The smallest absolute Gasteiger partial charge is 0.328 e. The third kappa shape index (κ3) is 2.71. The predicted octanol–water partition coefficient (Wildman–Crippen LogP) is 3.35. The molecule has 0 N–H and O–H groups in total. The Labute approximate surface area is 127 Å². The van der Waals surface area contributed by atoms with Gasteiger partial charge in [-0.3, -0.25) is 0 Å². The van der Waals surface area contributed by atoms with Crippen molar-refractivity contribution in [2.45, 2.75) is 51.6 Å². The highest BCUT2D eigenvalue weighted by atomic mass is 16.5. The fraction of sp³-hybridized carbons (Fsp3) is 0.588. The van der Waals surface area contributed by atoms with Gasteiger partial charge in [0.2, 0.25) is 0 Å². The summed E-state index contributed by atoms with van der Waals surface area (Å²) in [6.07, 6.45) is 0.994. The van der Waals surface area contributed by atoms with Crippen LogP contribution in [0.5, 0.6) is 5.75 Å². The number of hydrogen-bond donors (Lipinski definition) is 0. The number of carbonyl (C=O) groups excluding carboxylic acids is 1. The Bertz CT molecular complexity index is 539. The summed E-state index contributed by atoms with van der Waals surface area (Å²) >= 11 is 0. The number of rotatable bonds is 3. The van der Waals surface area contributed by atoms with Gasteiger partial charge in [0.1, 0.15) is 11.8 Å². The van der Waals surface area contributed by atoms with Crippen molar-refractivity contribution in [2.75, 3.05) is 19.1 Å². The second kappa shape index (κ2) is 5.58. The summed E-state index contributed by atoms with van der Waals surface area (Å²) in [7, 11) is 3.10. The van der Waals surface area contributed by atoms with Gasteiger partial charge in [-0.2, -0.15) is 0 Å². The summed E-state index contributed by atoms with van der Waals surface area (Å²) in [5.41, 5.74) is 2.20. The van der Waals surface area contributed by atoms with Gasteiger partial charge in [0.15, 0.2) is 0 Å². The van der Waals surface area contributed by atoms with Gasteiger partial charge in [0.25, 0.3) is 0 Å². The first-order valence-corrected chi connectivity index (χ1v) is 7.37. The van der Waals surface area contributed by atoms with Crippen molar-refractivity contribution < 1.29 is 14.3 Å². The zero-order chi connectivity index (χ0) is 15.8. The number of benzene rings is 1. The van der Waals surface area contributed by atoms with E-state index in [9.17, 15) is 4.79 Å². The Kier molecular flexibility index (Phi) is 4.17. The number of hydrogen-bond acceptors (Lipinski definition) is 4. The number of methoxy groups -OCH3 is 2. The molecule has 2 atom stereocenters. The Morgan fingerprint density at radius 2 is 2.05 bits per heavy atom. The van der Waals surface area contributed by atoms with E-state index in [-0.39, 0.29) is 17.6 Å². The summed E-state index contributed by atoms with van der Waals surface area (Å²) in [5.74, 6) is 1.04. The van der Waals surface area contributed by atoms with E-state index in [0.717, 1.165) is 17.9 Å². The summed E-state index contributed by atoms with van der Waals surface area (Å²) < 4.78 is 10.3. The monoisotopic (exact) mass is 291 g/mol. The lowest BCUT2D eigenvalue weighted by atomic mass is 9.79. The largest absolute Gasteiger partial charge is 0.497 e. The molecule has 0 fully saturated rings. The SMILES string of the molecule is COC(=O)[C@H](C)N1c2cc(OC)ccc2[C@@H](C)CC1(C)C. The van der Waals surface area contributed by atoms with Crippen LogP contribution in [0.4, 0.5) is 5.69 Å². The minimum Gasteiger partial charge on any atom is -0.497 e. The average molecular weight is 291 g/mol. The van der Waals surface area contributed by atoms with E-state index in [1.807, 2.05) is 19.1 Å². The van der Waals surface area contributed by atoms with E-state index in [0.29, 0.717) is 5.92 Å². The molecule has 0 saturated heterocycles. The van der Waals surface area contributed by atoms with Crippen LogP contribution in [0.25, 0.3) is 0 Å². The van der Waals surface area contributed by atoms with E-state index in [4.69, 9.17) is 9.47 Å². The molecular formula is C17H25NO3. The quantitative estimate of drug-likeness (QED) is 0.801. The molecule has 4 nitrogen and oxygen atoms in total. The van der Waals surface area contributed by atoms with Gasteiger partial charge in [0.05, 0.1) is 14.2 Å². The normalized spacial score (nSPS) is 21.4. The van der Waals surface area contributed by atoms with E-state index in [2.05, 4.69) is 31.7 Å². The summed E-state index contributed by atoms with van der Waals surface area (Å²) in [5, 5.41) is 0. The van der Waals surface area contributed by atoms with Crippen molar-refractivity contribution in [3.8, 4) is 5.75 Å². The van der Waals surface area contributed by atoms with Crippen molar-refractivity contribution in [3.05, 3.63) is 23.8 Å². The fourth-order valence-corrected chi connectivity index (χ4v) is 3.57. The van der Waals surface area contributed by atoms with Crippen LogP contribution in [0.2, 0.25) is 0 Å². The number of esters is 1. The van der Waals surface area contributed by atoms with Gasteiger partial charge in [-0.05, 0) is 44.7 Å². The lowest BCUT2D eigenvalue weighted by molar-refractivity contribution is -0.142. The molecule has 0 radical (unpaired) electrons. The maximum atomic E-state index is 12.0. The molecule has 1 aromatic rings. The molecule has 0 spiro atoms. The van der Waals surface area contributed by atoms with Crippen LogP contribution in [0.15, 0.2) is 18.2 Å². The second-order valence-corrected chi connectivity index (χ2v) is 6.41. The van der Waals surface area contributed by atoms with Gasteiger partial charge in [-0.25, -0.2) is 4.79 Å². The molecule has 116 valence electrons. The molecule has 2 rings (SSSR count). The molecule has 0 aromatic heterocycles. The molecule has 0 bridgehead atoms. The van der Waals surface area contributed by atoms with Crippen molar-refractivity contribution >= 4 is 11.7 Å².